The smallest absolute Gasteiger partial charge is 0.220 e. The Kier molecular flexibility index (Phi) is 3.90. The first kappa shape index (κ1) is 15.4. The van der Waals surface area contributed by atoms with Crippen LogP contribution in [0.15, 0.2) is 29.9 Å². The minimum Gasteiger partial charge on any atom is -0.368 e. The number of halogens is 1. The second kappa shape index (κ2) is 6.07. The van der Waals surface area contributed by atoms with Gasteiger partial charge in [-0.3, -0.25) is 4.90 Å². The number of hydrogen-bond acceptors (Lipinski definition) is 6. The number of hydrogen-bond donors (Lipinski definition) is 1. The van der Waals surface area contributed by atoms with Crippen molar-refractivity contribution in [2.75, 3.05) is 18.8 Å². The lowest BCUT2D eigenvalue weighted by atomic mass is 10.1. The zero-order chi connectivity index (χ0) is 16.7. The van der Waals surface area contributed by atoms with Crippen LogP contribution in [0.2, 0.25) is 0 Å². The highest BCUT2D eigenvalue weighted by Gasteiger charge is 2.27. The summed E-state index contributed by atoms with van der Waals surface area (Å²) in [4.78, 5) is 14.7. The number of fused-ring (bicyclic) bond motifs is 2. The van der Waals surface area contributed by atoms with Gasteiger partial charge in [0.25, 0.3) is 0 Å². The van der Waals surface area contributed by atoms with Gasteiger partial charge in [-0.05, 0) is 24.6 Å². The maximum Gasteiger partial charge on any atom is 0.220 e. The number of alkyl halides is 1. The van der Waals surface area contributed by atoms with Gasteiger partial charge in [0, 0.05) is 37.3 Å². The van der Waals surface area contributed by atoms with Gasteiger partial charge in [-0.1, -0.05) is 6.07 Å². The Morgan fingerprint density at radius 2 is 2.25 bits per heavy atom. The Balaban J connectivity index is 1.60. The summed E-state index contributed by atoms with van der Waals surface area (Å²) in [5.74, 6) is 0.205. The van der Waals surface area contributed by atoms with Crippen LogP contribution < -0.4 is 5.73 Å². The van der Waals surface area contributed by atoms with E-state index >= 15 is 0 Å². The van der Waals surface area contributed by atoms with Crippen LogP contribution in [0, 0.1) is 0 Å². The molecule has 0 bridgehead atoms. The lowest BCUT2D eigenvalue weighted by Crippen LogP contribution is -2.30. The molecule has 3 heterocycles. The van der Waals surface area contributed by atoms with Crippen molar-refractivity contribution in [2.24, 2.45) is 0 Å². The van der Waals surface area contributed by atoms with Gasteiger partial charge in [-0.25, -0.2) is 19.3 Å². The molecular weight excluding hydrogens is 325 g/mol. The first-order valence-electron chi connectivity index (χ1n) is 7.94. The van der Waals surface area contributed by atoms with Gasteiger partial charge in [-0.2, -0.15) is 0 Å². The van der Waals surface area contributed by atoms with Gasteiger partial charge >= 0.3 is 0 Å². The fourth-order valence-corrected chi connectivity index (χ4v) is 3.90. The van der Waals surface area contributed by atoms with E-state index in [-0.39, 0.29) is 12.0 Å². The summed E-state index contributed by atoms with van der Waals surface area (Å²) in [5.41, 5.74) is 10.9. The summed E-state index contributed by atoms with van der Waals surface area (Å²) in [6, 6.07) is 6.40. The van der Waals surface area contributed by atoms with Gasteiger partial charge in [0.15, 0.2) is 0 Å². The SMILES string of the molecule is CC(c1ccc2scnc2c1)N1CCc2nc(N)ncc2[C@@H](F)C1. The van der Waals surface area contributed by atoms with Crippen LogP contribution in [-0.4, -0.2) is 32.9 Å². The summed E-state index contributed by atoms with van der Waals surface area (Å²) >= 11 is 1.63. The minimum atomic E-state index is -1.10. The quantitative estimate of drug-likeness (QED) is 0.773. The van der Waals surface area contributed by atoms with Crippen molar-refractivity contribution in [3.05, 3.63) is 46.7 Å². The molecule has 0 fully saturated rings. The molecule has 0 aliphatic carbocycles. The minimum absolute atomic E-state index is 0.106. The molecule has 24 heavy (non-hydrogen) atoms. The van der Waals surface area contributed by atoms with Gasteiger partial charge in [0.1, 0.15) is 6.17 Å². The third kappa shape index (κ3) is 2.74. The third-order valence-electron chi connectivity index (χ3n) is 4.67. The molecule has 0 saturated heterocycles. The lowest BCUT2D eigenvalue weighted by Gasteiger charge is -2.28. The highest BCUT2D eigenvalue weighted by Crippen LogP contribution is 2.31. The molecule has 0 amide bonds. The van der Waals surface area contributed by atoms with Crippen LogP contribution in [0.1, 0.15) is 36.0 Å². The van der Waals surface area contributed by atoms with E-state index in [0.29, 0.717) is 18.5 Å². The summed E-state index contributed by atoms with van der Waals surface area (Å²) in [6.07, 6.45) is 1.09. The zero-order valence-electron chi connectivity index (χ0n) is 13.3. The zero-order valence-corrected chi connectivity index (χ0v) is 14.1. The van der Waals surface area contributed by atoms with Crippen molar-refractivity contribution < 1.29 is 4.39 Å². The number of thiazole rings is 1. The molecule has 1 unspecified atom stereocenters. The molecule has 1 aromatic carbocycles. The van der Waals surface area contributed by atoms with Crippen molar-refractivity contribution >= 4 is 27.5 Å². The molecule has 0 saturated carbocycles. The Labute approximate surface area is 143 Å². The highest BCUT2D eigenvalue weighted by atomic mass is 32.1. The van der Waals surface area contributed by atoms with E-state index in [1.165, 1.54) is 10.9 Å². The largest absolute Gasteiger partial charge is 0.368 e. The monoisotopic (exact) mass is 343 g/mol. The molecular formula is C17H18FN5S. The molecule has 5 nitrogen and oxygen atoms in total. The van der Waals surface area contributed by atoms with Crippen LogP contribution in [0.25, 0.3) is 10.2 Å². The average Bonchev–Trinajstić information content (AvgIpc) is 2.98. The molecule has 0 radical (unpaired) electrons. The maximum absolute atomic E-state index is 14.7. The van der Waals surface area contributed by atoms with Gasteiger partial charge in [-0.15, -0.1) is 11.3 Å². The normalized spacial score (nSPS) is 19.8. The van der Waals surface area contributed by atoms with E-state index in [1.807, 2.05) is 5.51 Å². The van der Waals surface area contributed by atoms with Crippen LogP contribution in [0.5, 0.6) is 0 Å². The van der Waals surface area contributed by atoms with Crippen LogP contribution in [-0.2, 0) is 6.42 Å². The lowest BCUT2D eigenvalue weighted by molar-refractivity contribution is 0.161. The second-order valence-corrected chi connectivity index (χ2v) is 6.98. The third-order valence-corrected chi connectivity index (χ3v) is 5.48. The van der Waals surface area contributed by atoms with Gasteiger partial charge < -0.3 is 5.73 Å². The second-order valence-electron chi connectivity index (χ2n) is 6.10. The molecule has 3 aromatic rings. The fraction of sp³-hybridized carbons (Fsp3) is 0.353. The Morgan fingerprint density at radius 1 is 1.38 bits per heavy atom. The standard InChI is InChI=1S/C17H18FN5S/c1-10(11-2-3-16-15(6-11)21-9-24-16)23-5-4-14-12(13(18)8-23)7-20-17(19)22-14/h2-3,6-7,9-10,13H,4-5,8H2,1H3,(H2,19,20,22)/t10?,13-/m0/s1. The number of nitrogens with zero attached hydrogens (tertiary/aromatic N) is 4. The number of nitrogens with two attached hydrogens (primary N) is 1. The average molecular weight is 343 g/mol. The van der Waals surface area contributed by atoms with E-state index in [4.69, 9.17) is 5.73 Å². The van der Waals surface area contributed by atoms with E-state index in [2.05, 4.69) is 45.0 Å². The molecule has 0 spiro atoms. The number of aromatic nitrogens is 3. The van der Waals surface area contributed by atoms with E-state index in [9.17, 15) is 4.39 Å². The molecule has 4 rings (SSSR count). The van der Waals surface area contributed by atoms with Gasteiger partial charge in [0.2, 0.25) is 5.95 Å². The van der Waals surface area contributed by atoms with Crippen LogP contribution >= 0.6 is 11.3 Å². The first-order chi connectivity index (χ1) is 11.6. The van der Waals surface area contributed by atoms with E-state index in [0.717, 1.165) is 23.3 Å². The molecule has 2 aromatic heterocycles. The van der Waals surface area contributed by atoms with Crippen molar-refractivity contribution in [3.63, 3.8) is 0 Å². The molecule has 1 aliphatic heterocycles. The highest BCUT2D eigenvalue weighted by molar-refractivity contribution is 7.16. The summed E-state index contributed by atoms with van der Waals surface area (Å²) < 4.78 is 15.9. The van der Waals surface area contributed by atoms with E-state index in [1.54, 1.807) is 11.3 Å². The summed E-state index contributed by atoms with van der Waals surface area (Å²) in [7, 11) is 0. The van der Waals surface area contributed by atoms with Crippen LogP contribution in [0.4, 0.5) is 10.3 Å². The maximum atomic E-state index is 14.7. The molecule has 2 atom stereocenters. The van der Waals surface area contributed by atoms with E-state index < -0.39 is 6.17 Å². The fourth-order valence-electron chi connectivity index (χ4n) is 3.25. The number of rotatable bonds is 2. The number of anilines is 1. The topological polar surface area (TPSA) is 67.9 Å². The molecule has 124 valence electrons. The Hall–Kier alpha value is -2.12. The summed E-state index contributed by atoms with van der Waals surface area (Å²) in [6.45, 7) is 3.17. The number of nitrogen functional groups attached to an aromatic ring is 1. The molecule has 2 N–H and O–H groups in total. The Morgan fingerprint density at radius 3 is 3.12 bits per heavy atom. The molecule has 7 heteroatoms. The van der Waals surface area contributed by atoms with Crippen molar-refractivity contribution in [1.29, 1.82) is 0 Å². The van der Waals surface area contributed by atoms with Crippen molar-refractivity contribution in [2.45, 2.75) is 25.6 Å². The molecule has 1 aliphatic rings. The van der Waals surface area contributed by atoms with Crippen LogP contribution in [0.3, 0.4) is 0 Å². The Bertz CT molecular complexity index is 880. The number of benzene rings is 1. The van der Waals surface area contributed by atoms with Crippen molar-refractivity contribution in [3.8, 4) is 0 Å². The predicted octanol–water partition coefficient (Wildman–Crippen LogP) is 3.30. The first-order valence-corrected chi connectivity index (χ1v) is 8.82. The van der Waals surface area contributed by atoms with Gasteiger partial charge in [0.05, 0.1) is 21.4 Å². The predicted molar refractivity (Wildman–Crippen MR) is 93.6 cm³/mol. The summed E-state index contributed by atoms with van der Waals surface area (Å²) in [5, 5.41) is 0. The van der Waals surface area contributed by atoms with Crippen molar-refractivity contribution in [1.82, 2.24) is 19.9 Å².